The Morgan fingerprint density at radius 1 is 1.58 bits per heavy atom. The number of rotatable bonds is 4. The largest absolute Gasteiger partial charge is 0.351 e. The van der Waals surface area contributed by atoms with E-state index in [0.717, 1.165) is 18.7 Å². The van der Waals surface area contributed by atoms with Crippen LogP contribution in [-0.4, -0.2) is 11.5 Å². The average Bonchev–Trinajstić information content (AvgIpc) is 2.53. The van der Waals surface area contributed by atoms with Crippen LogP contribution in [0.15, 0.2) is 12.4 Å². The molecular formula is C8H15O3P. The zero-order chi connectivity index (χ0) is 9.03. The smallest absolute Gasteiger partial charge is 0.321 e. The number of hydrogen-bond donors (Lipinski definition) is 1. The summed E-state index contributed by atoms with van der Waals surface area (Å²) in [6.45, 7) is 3.64. The molecule has 0 heterocycles. The van der Waals surface area contributed by atoms with E-state index in [0.29, 0.717) is 12.5 Å². The molecule has 1 aliphatic rings. The molecule has 12 heavy (non-hydrogen) atoms. The van der Waals surface area contributed by atoms with E-state index >= 15 is 0 Å². The Kier molecular flexibility index (Phi) is 3.51. The normalized spacial score (nSPS) is 23.8. The molecule has 3 nitrogen and oxygen atoms in total. The fourth-order valence-electron chi connectivity index (χ4n) is 1.44. The van der Waals surface area contributed by atoms with E-state index in [-0.39, 0.29) is 0 Å². The van der Waals surface area contributed by atoms with Gasteiger partial charge in [-0.3, -0.25) is 4.57 Å². The van der Waals surface area contributed by atoms with Gasteiger partial charge in [0.15, 0.2) is 0 Å². The molecule has 0 radical (unpaired) electrons. The predicted octanol–water partition coefficient (Wildman–Crippen LogP) is 2.52. The van der Waals surface area contributed by atoms with Crippen LogP contribution in [0.3, 0.4) is 0 Å². The molecular weight excluding hydrogens is 175 g/mol. The van der Waals surface area contributed by atoms with E-state index < -0.39 is 7.60 Å². The highest BCUT2D eigenvalue weighted by atomic mass is 31.2. The Hall–Kier alpha value is -0.110. The average molecular weight is 190 g/mol. The lowest BCUT2D eigenvalue weighted by molar-refractivity contribution is 0.223. The zero-order valence-corrected chi connectivity index (χ0v) is 8.00. The van der Waals surface area contributed by atoms with Crippen molar-refractivity contribution in [3.05, 3.63) is 12.4 Å². The summed E-state index contributed by atoms with van der Waals surface area (Å²) in [4.78, 5) is 9.00. The van der Waals surface area contributed by atoms with Crippen LogP contribution in [-0.2, 0) is 9.09 Å². The lowest BCUT2D eigenvalue weighted by Crippen LogP contribution is -2.02. The third kappa shape index (κ3) is 3.10. The molecule has 0 saturated heterocycles. The van der Waals surface area contributed by atoms with Crippen LogP contribution in [0.4, 0.5) is 0 Å². The minimum atomic E-state index is -3.46. The summed E-state index contributed by atoms with van der Waals surface area (Å²) in [5, 5.41) is 0. The number of hydrogen-bond acceptors (Lipinski definition) is 2. The summed E-state index contributed by atoms with van der Waals surface area (Å²) >= 11 is 0. The van der Waals surface area contributed by atoms with E-state index in [1.165, 1.54) is 12.8 Å². The molecule has 1 saturated carbocycles. The van der Waals surface area contributed by atoms with Gasteiger partial charge in [-0.15, -0.1) is 0 Å². The second kappa shape index (κ2) is 4.22. The minimum Gasteiger partial charge on any atom is -0.321 e. The molecule has 1 fully saturated rings. The highest BCUT2D eigenvalue weighted by Gasteiger charge is 2.20. The Labute approximate surface area is 73.0 Å². The van der Waals surface area contributed by atoms with Crippen molar-refractivity contribution in [1.82, 2.24) is 0 Å². The van der Waals surface area contributed by atoms with Crippen molar-refractivity contribution in [2.75, 3.05) is 6.61 Å². The lowest BCUT2D eigenvalue weighted by Gasteiger charge is -2.11. The van der Waals surface area contributed by atoms with Crippen molar-refractivity contribution in [3.8, 4) is 0 Å². The third-order valence-corrected chi connectivity index (χ3v) is 3.18. The summed E-state index contributed by atoms with van der Waals surface area (Å²) in [5.74, 6) is 1.47. The van der Waals surface area contributed by atoms with Gasteiger partial charge >= 0.3 is 7.60 Å². The molecule has 0 aromatic rings. The quantitative estimate of drug-likeness (QED) is 0.693. The van der Waals surface area contributed by atoms with E-state index in [4.69, 9.17) is 9.42 Å². The molecule has 1 N–H and O–H groups in total. The van der Waals surface area contributed by atoms with Gasteiger partial charge in [0.05, 0.1) is 6.61 Å². The zero-order valence-electron chi connectivity index (χ0n) is 7.11. The first-order valence-corrected chi connectivity index (χ1v) is 5.89. The summed E-state index contributed by atoms with van der Waals surface area (Å²) in [6, 6.07) is 0. The van der Waals surface area contributed by atoms with Crippen LogP contribution >= 0.6 is 7.60 Å². The van der Waals surface area contributed by atoms with Crippen molar-refractivity contribution in [1.29, 1.82) is 0 Å². The van der Waals surface area contributed by atoms with Crippen molar-refractivity contribution in [2.45, 2.75) is 25.7 Å². The van der Waals surface area contributed by atoms with Crippen LogP contribution in [0.25, 0.3) is 0 Å². The molecule has 1 unspecified atom stereocenters. The molecule has 1 aliphatic carbocycles. The van der Waals surface area contributed by atoms with Gasteiger partial charge in [0, 0.05) is 5.82 Å². The van der Waals surface area contributed by atoms with Crippen LogP contribution < -0.4 is 0 Å². The van der Waals surface area contributed by atoms with E-state index in [1.54, 1.807) is 0 Å². The minimum absolute atomic E-state index is 0.403. The van der Waals surface area contributed by atoms with Gasteiger partial charge in [0.25, 0.3) is 0 Å². The van der Waals surface area contributed by atoms with E-state index in [9.17, 15) is 4.57 Å². The summed E-state index contributed by atoms with van der Waals surface area (Å²) < 4.78 is 15.8. The Bertz CT molecular complexity index is 196. The fraction of sp³-hybridized carbons (Fsp3) is 0.750. The van der Waals surface area contributed by atoms with Gasteiger partial charge in [-0.2, -0.15) is 0 Å². The van der Waals surface area contributed by atoms with Gasteiger partial charge in [-0.05, 0) is 18.8 Å². The molecule has 1 atom stereocenters. The highest BCUT2D eigenvalue weighted by Crippen LogP contribution is 2.44. The third-order valence-electron chi connectivity index (χ3n) is 2.20. The standard InChI is InChI=1S/C8H15O3P/c1-2-12(9,10)11-7-8-5-3-4-6-8/h2,8H,1,3-7H2,(H,9,10). The first-order valence-electron chi connectivity index (χ1n) is 4.25. The molecule has 1 rings (SSSR count). The Balaban J connectivity index is 2.24. The van der Waals surface area contributed by atoms with Crippen molar-refractivity contribution >= 4 is 7.60 Å². The molecule has 0 spiro atoms. The lowest BCUT2D eigenvalue weighted by atomic mass is 10.1. The predicted molar refractivity (Wildman–Crippen MR) is 47.9 cm³/mol. The topological polar surface area (TPSA) is 46.5 Å². The maximum Gasteiger partial charge on any atom is 0.351 e. The van der Waals surface area contributed by atoms with Crippen LogP contribution in [0, 0.1) is 5.92 Å². The van der Waals surface area contributed by atoms with E-state index in [2.05, 4.69) is 6.58 Å². The van der Waals surface area contributed by atoms with Gasteiger partial charge in [-0.25, -0.2) is 0 Å². The SMILES string of the molecule is C=CP(=O)(O)OCC1CCCC1. The second-order valence-corrected chi connectivity index (χ2v) is 4.94. The molecule has 0 bridgehead atoms. The summed E-state index contributed by atoms with van der Waals surface area (Å²) in [6.07, 6.45) is 4.68. The van der Waals surface area contributed by atoms with E-state index in [1.807, 2.05) is 0 Å². The van der Waals surface area contributed by atoms with Crippen molar-refractivity contribution < 1.29 is 14.0 Å². The summed E-state index contributed by atoms with van der Waals surface area (Å²) in [5.41, 5.74) is 0. The maximum absolute atomic E-state index is 11.0. The molecule has 0 aromatic carbocycles. The van der Waals surface area contributed by atoms with Gasteiger partial charge in [0.2, 0.25) is 0 Å². The monoisotopic (exact) mass is 190 g/mol. The van der Waals surface area contributed by atoms with Crippen LogP contribution in [0.5, 0.6) is 0 Å². The highest BCUT2D eigenvalue weighted by molar-refractivity contribution is 7.56. The first-order chi connectivity index (χ1) is 5.64. The van der Waals surface area contributed by atoms with Gasteiger partial charge in [-0.1, -0.05) is 19.4 Å². The summed E-state index contributed by atoms with van der Waals surface area (Å²) in [7, 11) is -3.46. The molecule has 70 valence electrons. The van der Waals surface area contributed by atoms with Gasteiger partial charge in [0.1, 0.15) is 0 Å². The molecule has 0 amide bonds. The van der Waals surface area contributed by atoms with Crippen molar-refractivity contribution in [3.63, 3.8) is 0 Å². The Morgan fingerprint density at radius 3 is 2.67 bits per heavy atom. The molecule has 0 aromatic heterocycles. The Morgan fingerprint density at radius 2 is 2.17 bits per heavy atom. The first kappa shape index (κ1) is 9.97. The molecule has 4 heteroatoms. The molecule has 0 aliphatic heterocycles. The van der Waals surface area contributed by atoms with Crippen LogP contribution in [0.1, 0.15) is 25.7 Å². The van der Waals surface area contributed by atoms with Crippen LogP contribution in [0.2, 0.25) is 0 Å². The fourth-order valence-corrected chi connectivity index (χ4v) is 1.97. The van der Waals surface area contributed by atoms with Crippen molar-refractivity contribution in [2.24, 2.45) is 5.92 Å². The van der Waals surface area contributed by atoms with Gasteiger partial charge < -0.3 is 9.42 Å². The second-order valence-electron chi connectivity index (χ2n) is 3.19. The maximum atomic E-state index is 11.0.